The van der Waals surface area contributed by atoms with Crippen LogP contribution in [0.2, 0.25) is 0 Å². The molecule has 1 fully saturated rings. The summed E-state index contributed by atoms with van der Waals surface area (Å²) in [5, 5.41) is 12.4. The van der Waals surface area contributed by atoms with Gasteiger partial charge in [0.15, 0.2) is 11.0 Å². The summed E-state index contributed by atoms with van der Waals surface area (Å²) in [7, 11) is 1.67. The number of benzene rings is 1. The SMILES string of the molecule is CNC(=O)C(C)Sc1nnc(-c2ccc(C(C)(C)C)cc2)n1C1CCCCC1. The van der Waals surface area contributed by atoms with Crippen LogP contribution in [0.15, 0.2) is 29.4 Å². The number of nitrogens with zero attached hydrogens (tertiary/aromatic N) is 3. The highest BCUT2D eigenvalue weighted by molar-refractivity contribution is 8.00. The fourth-order valence-corrected chi connectivity index (χ4v) is 4.74. The predicted octanol–water partition coefficient (Wildman–Crippen LogP) is 4.97. The van der Waals surface area contributed by atoms with Gasteiger partial charge < -0.3 is 5.32 Å². The first-order chi connectivity index (χ1) is 13.3. The van der Waals surface area contributed by atoms with E-state index in [1.807, 2.05) is 6.92 Å². The fourth-order valence-electron chi connectivity index (χ4n) is 3.76. The van der Waals surface area contributed by atoms with Crippen molar-refractivity contribution in [3.8, 4) is 11.4 Å². The summed E-state index contributed by atoms with van der Waals surface area (Å²) in [5.41, 5.74) is 2.52. The van der Waals surface area contributed by atoms with Crippen LogP contribution in [0.25, 0.3) is 11.4 Å². The molecule has 1 aliphatic rings. The van der Waals surface area contributed by atoms with Crippen LogP contribution in [0.1, 0.15) is 71.4 Å². The fraction of sp³-hybridized carbons (Fsp3) is 0.591. The zero-order valence-electron chi connectivity index (χ0n) is 17.7. The van der Waals surface area contributed by atoms with Gasteiger partial charge in [-0.3, -0.25) is 9.36 Å². The number of rotatable bonds is 5. The van der Waals surface area contributed by atoms with E-state index in [0.29, 0.717) is 6.04 Å². The number of carbonyl (C=O) groups excluding carboxylic acids is 1. The molecule has 1 aliphatic carbocycles. The first kappa shape index (κ1) is 20.9. The minimum absolute atomic E-state index is 0.0132. The van der Waals surface area contributed by atoms with Crippen molar-refractivity contribution in [3.63, 3.8) is 0 Å². The molecule has 1 aromatic carbocycles. The summed E-state index contributed by atoms with van der Waals surface area (Å²) in [5.74, 6) is 0.929. The standard InChI is InChI=1S/C22H32N4OS/c1-15(20(27)23-5)28-21-25-24-19(26(21)18-9-7-6-8-10-18)16-11-13-17(14-12-16)22(2,3)4/h11-15,18H,6-10H2,1-5H3,(H,23,27). The van der Waals surface area contributed by atoms with E-state index < -0.39 is 0 Å². The molecule has 0 aliphatic heterocycles. The van der Waals surface area contributed by atoms with E-state index in [9.17, 15) is 4.79 Å². The number of hydrogen-bond acceptors (Lipinski definition) is 4. The van der Waals surface area contributed by atoms with Crippen molar-refractivity contribution in [3.05, 3.63) is 29.8 Å². The van der Waals surface area contributed by atoms with Crippen molar-refractivity contribution in [1.82, 2.24) is 20.1 Å². The molecule has 3 rings (SSSR count). The maximum absolute atomic E-state index is 12.0. The Morgan fingerprint density at radius 1 is 1.14 bits per heavy atom. The highest BCUT2D eigenvalue weighted by atomic mass is 32.2. The van der Waals surface area contributed by atoms with Crippen LogP contribution in [-0.2, 0) is 10.2 Å². The molecule has 1 atom stereocenters. The van der Waals surface area contributed by atoms with Crippen LogP contribution < -0.4 is 5.32 Å². The molecule has 1 N–H and O–H groups in total. The van der Waals surface area contributed by atoms with Crippen LogP contribution in [-0.4, -0.2) is 33.0 Å². The third-order valence-corrected chi connectivity index (χ3v) is 6.57. The van der Waals surface area contributed by atoms with Gasteiger partial charge in [-0.15, -0.1) is 10.2 Å². The average Bonchev–Trinajstić information content (AvgIpc) is 3.10. The Hall–Kier alpha value is -1.82. The second-order valence-corrected chi connectivity index (χ2v) is 9.98. The third-order valence-electron chi connectivity index (χ3n) is 5.51. The van der Waals surface area contributed by atoms with E-state index >= 15 is 0 Å². The third kappa shape index (κ3) is 4.59. The summed E-state index contributed by atoms with van der Waals surface area (Å²) in [6.45, 7) is 8.59. The summed E-state index contributed by atoms with van der Waals surface area (Å²) in [6.07, 6.45) is 6.06. The number of thioether (sulfide) groups is 1. The van der Waals surface area contributed by atoms with Crippen LogP contribution >= 0.6 is 11.8 Å². The highest BCUT2D eigenvalue weighted by Crippen LogP contribution is 2.37. The van der Waals surface area contributed by atoms with E-state index in [0.717, 1.165) is 29.4 Å². The van der Waals surface area contributed by atoms with Gasteiger partial charge >= 0.3 is 0 Å². The Labute approximate surface area is 172 Å². The highest BCUT2D eigenvalue weighted by Gasteiger charge is 2.26. The lowest BCUT2D eigenvalue weighted by Gasteiger charge is -2.26. The lowest BCUT2D eigenvalue weighted by atomic mass is 9.86. The van der Waals surface area contributed by atoms with Crippen molar-refractivity contribution in [2.75, 3.05) is 7.05 Å². The number of aromatic nitrogens is 3. The number of nitrogens with one attached hydrogen (secondary N) is 1. The quantitative estimate of drug-likeness (QED) is 0.720. The predicted molar refractivity (Wildman–Crippen MR) is 116 cm³/mol. The Morgan fingerprint density at radius 2 is 1.79 bits per heavy atom. The lowest BCUT2D eigenvalue weighted by molar-refractivity contribution is -0.119. The van der Waals surface area contributed by atoms with Gasteiger partial charge in [-0.25, -0.2) is 0 Å². The molecule has 6 heteroatoms. The zero-order chi connectivity index (χ0) is 20.3. The van der Waals surface area contributed by atoms with Crippen molar-refractivity contribution < 1.29 is 4.79 Å². The van der Waals surface area contributed by atoms with Gasteiger partial charge in [0.25, 0.3) is 0 Å². The minimum atomic E-state index is -0.201. The first-order valence-electron chi connectivity index (χ1n) is 10.3. The van der Waals surface area contributed by atoms with Gasteiger partial charge in [-0.1, -0.05) is 76.1 Å². The van der Waals surface area contributed by atoms with Crippen LogP contribution in [0, 0.1) is 0 Å². The van der Waals surface area contributed by atoms with Gasteiger partial charge in [-0.05, 0) is 30.7 Å². The lowest BCUT2D eigenvalue weighted by Crippen LogP contribution is -2.27. The number of carbonyl (C=O) groups is 1. The molecule has 1 saturated carbocycles. The first-order valence-corrected chi connectivity index (χ1v) is 11.1. The molecule has 0 bridgehead atoms. The summed E-state index contributed by atoms with van der Waals surface area (Å²) >= 11 is 1.50. The van der Waals surface area contributed by atoms with Crippen molar-refractivity contribution in [1.29, 1.82) is 0 Å². The molecule has 1 heterocycles. The van der Waals surface area contributed by atoms with Gasteiger partial charge in [0.2, 0.25) is 5.91 Å². The topological polar surface area (TPSA) is 59.8 Å². The molecule has 1 aromatic heterocycles. The molecule has 5 nitrogen and oxygen atoms in total. The number of amides is 1. The Kier molecular flexibility index (Phi) is 6.48. The molecule has 152 valence electrons. The van der Waals surface area contributed by atoms with Crippen molar-refractivity contribution >= 4 is 17.7 Å². The molecule has 0 saturated heterocycles. The Balaban J connectivity index is 1.97. The minimum Gasteiger partial charge on any atom is -0.358 e. The van der Waals surface area contributed by atoms with Crippen LogP contribution in [0.5, 0.6) is 0 Å². The molecule has 0 spiro atoms. The summed E-state index contributed by atoms with van der Waals surface area (Å²) in [6, 6.07) is 9.09. The van der Waals surface area contributed by atoms with Crippen molar-refractivity contribution in [2.45, 2.75) is 81.7 Å². The van der Waals surface area contributed by atoms with Gasteiger partial charge in [-0.2, -0.15) is 0 Å². The second kappa shape index (κ2) is 8.68. The van der Waals surface area contributed by atoms with E-state index in [2.05, 4.69) is 65.1 Å². The van der Waals surface area contributed by atoms with Crippen LogP contribution in [0.4, 0.5) is 0 Å². The van der Waals surface area contributed by atoms with Gasteiger partial charge in [0.05, 0.1) is 5.25 Å². The second-order valence-electron chi connectivity index (χ2n) is 8.67. The molecule has 1 amide bonds. The maximum Gasteiger partial charge on any atom is 0.233 e. The molecule has 1 unspecified atom stereocenters. The summed E-state index contributed by atoms with van der Waals surface area (Å²) in [4.78, 5) is 12.0. The molecule has 0 radical (unpaired) electrons. The van der Waals surface area contributed by atoms with E-state index in [-0.39, 0.29) is 16.6 Å². The molecular weight excluding hydrogens is 368 g/mol. The van der Waals surface area contributed by atoms with E-state index in [1.54, 1.807) is 7.05 Å². The largest absolute Gasteiger partial charge is 0.358 e. The van der Waals surface area contributed by atoms with Crippen molar-refractivity contribution in [2.24, 2.45) is 0 Å². The Morgan fingerprint density at radius 3 is 2.36 bits per heavy atom. The average molecular weight is 401 g/mol. The monoisotopic (exact) mass is 400 g/mol. The smallest absolute Gasteiger partial charge is 0.233 e. The van der Waals surface area contributed by atoms with Crippen LogP contribution in [0.3, 0.4) is 0 Å². The maximum atomic E-state index is 12.0. The molecule has 28 heavy (non-hydrogen) atoms. The Bertz CT molecular complexity index is 801. The molecule has 2 aromatic rings. The van der Waals surface area contributed by atoms with Gasteiger partial charge in [0, 0.05) is 18.7 Å². The summed E-state index contributed by atoms with van der Waals surface area (Å²) < 4.78 is 2.29. The zero-order valence-corrected chi connectivity index (χ0v) is 18.5. The normalized spacial score (nSPS) is 16.8. The van der Waals surface area contributed by atoms with Gasteiger partial charge in [0.1, 0.15) is 0 Å². The van der Waals surface area contributed by atoms with E-state index in [1.165, 1.54) is 36.6 Å². The van der Waals surface area contributed by atoms with E-state index in [4.69, 9.17) is 0 Å². The molecular formula is C22H32N4OS. The number of hydrogen-bond donors (Lipinski definition) is 1.